The monoisotopic (exact) mass is 435 g/mol. The standard InChI is InChI=1S/C19H29N7O3S/c1-3-21-19(22-11-10-14-4-7-16(8-5-14)30(20,27)28)23-15-6-9-18-24-17(13-29-2)25-26(18)12-15/h4-5,7-8,15H,3,6,9-13H2,1-2H3,(H2,20,27,28)(H2,21,22,23). The van der Waals surface area contributed by atoms with Crippen LogP contribution in [0.1, 0.15) is 30.6 Å². The summed E-state index contributed by atoms with van der Waals surface area (Å²) in [5, 5.41) is 16.4. The Morgan fingerprint density at radius 1 is 1.37 bits per heavy atom. The Hall–Kier alpha value is -2.50. The zero-order valence-corrected chi connectivity index (χ0v) is 18.2. The number of aryl methyl sites for hydroxylation is 1. The Bertz CT molecular complexity index is 971. The molecule has 0 fully saturated rings. The van der Waals surface area contributed by atoms with Gasteiger partial charge in [-0.3, -0.25) is 4.99 Å². The van der Waals surface area contributed by atoms with E-state index in [-0.39, 0.29) is 10.9 Å². The van der Waals surface area contributed by atoms with Crippen LogP contribution in [-0.2, 0) is 40.8 Å². The SMILES string of the molecule is CCNC(=NCCc1ccc(S(N)(=O)=O)cc1)NC1CCc2nc(COC)nn2C1. The van der Waals surface area contributed by atoms with E-state index in [1.165, 1.54) is 12.1 Å². The largest absolute Gasteiger partial charge is 0.377 e. The van der Waals surface area contributed by atoms with Gasteiger partial charge in [-0.25, -0.2) is 23.2 Å². The fourth-order valence-electron chi connectivity index (χ4n) is 3.32. The molecular weight excluding hydrogens is 406 g/mol. The second kappa shape index (κ2) is 10.0. The average Bonchev–Trinajstić information content (AvgIpc) is 3.10. The fourth-order valence-corrected chi connectivity index (χ4v) is 3.84. The molecule has 2 aromatic rings. The molecule has 1 unspecified atom stereocenters. The van der Waals surface area contributed by atoms with E-state index in [0.29, 0.717) is 25.4 Å². The van der Waals surface area contributed by atoms with Gasteiger partial charge < -0.3 is 15.4 Å². The second-order valence-corrected chi connectivity index (χ2v) is 8.70. The molecule has 0 radical (unpaired) electrons. The van der Waals surface area contributed by atoms with Crippen molar-refractivity contribution < 1.29 is 13.2 Å². The molecule has 30 heavy (non-hydrogen) atoms. The first-order valence-corrected chi connectivity index (χ1v) is 11.5. The molecule has 1 aromatic carbocycles. The number of fused-ring (bicyclic) bond motifs is 1. The molecule has 1 atom stereocenters. The first-order chi connectivity index (χ1) is 14.4. The summed E-state index contributed by atoms with van der Waals surface area (Å²) in [5.41, 5.74) is 0.998. The maximum absolute atomic E-state index is 11.3. The highest BCUT2D eigenvalue weighted by molar-refractivity contribution is 7.89. The third-order valence-corrected chi connectivity index (χ3v) is 5.71. The van der Waals surface area contributed by atoms with E-state index in [1.807, 2.05) is 11.6 Å². The quantitative estimate of drug-likeness (QED) is 0.397. The van der Waals surface area contributed by atoms with E-state index < -0.39 is 10.0 Å². The Labute approximate surface area is 177 Å². The van der Waals surface area contributed by atoms with Gasteiger partial charge in [0.1, 0.15) is 12.4 Å². The number of primary sulfonamides is 1. The Morgan fingerprint density at radius 3 is 2.80 bits per heavy atom. The topological polar surface area (TPSA) is 137 Å². The van der Waals surface area contributed by atoms with Gasteiger partial charge in [0.05, 0.1) is 11.4 Å². The van der Waals surface area contributed by atoms with Gasteiger partial charge in [0.25, 0.3) is 0 Å². The zero-order valence-electron chi connectivity index (χ0n) is 17.3. The molecule has 3 rings (SSSR count). The molecule has 1 aromatic heterocycles. The molecule has 0 saturated heterocycles. The number of nitrogens with two attached hydrogens (primary N) is 1. The van der Waals surface area contributed by atoms with Gasteiger partial charge in [0.2, 0.25) is 10.0 Å². The highest BCUT2D eigenvalue weighted by Crippen LogP contribution is 2.13. The van der Waals surface area contributed by atoms with Crippen LogP contribution in [0, 0.1) is 0 Å². The van der Waals surface area contributed by atoms with Gasteiger partial charge in [-0.15, -0.1) is 0 Å². The number of methoxy groups -OCH3 is 1. The summed E-state index contributed by atoms with van der Waals surface area (Å²) in [4.78, 5) is 9.27. The molecule has 2 heterocycles. The lowest BCUT2D eigenvalue weighted by molar-refractivity contribution is 0.177. The van der Waals surface area contributed by atoms with E-state index in [2.05, 4.69) is 25.7 Å². The summed E-state index contributed by atoms with van der Waals surface area (Å²) < 4.78 is 29.7. The maximum Gasteiger partial charge on any atom is 0.238 e. The molecule has 0 aliphatic carbocycles. The molecule has 1 aliphatic heterocycles. The summed E-state index contributed by atoms with van der Waals surface area (Å²) in [6, 6.07) is 6.78. The Kier molecular flexibility index (Phi) is 7.40. The van der Waals surface area contributed by atoms with Crippen LogP contribution in [0.15, 0.2) is 34.2 Å². The van der Waals surface area contributed by atoms with Gasteiger partial charge >= 0.3 is 0 Å². The third kappa shape index (κ3) is 6.00. The summed E-state index contributed by atoms with van der Waals surface area (Å²) in [5.74, 6) is 2.46. The van der Waals surface area contributed by atoms with Gasteiger partial charge in [0, 0.05) is 32.7 Å². The molecule has 11 heteroatoms. The number of ether oxygens (including phenoxy) is 1. The minimum Gasteiger partial charge on any atom is -0.377 e. The molecule has 4 N–H and O–H groups in total. The van der Waals surface area contributed by atoms with Crippen LogP contribution in [0.5, 0.6) is 0 Å². The molecule has 0 bridgehead atoms. The van der Waals surface area contributed by atoms with Crippen LogP contribution in [0.2, 0.25) is 0 Å². The lowest BCUT2D eigenvalue weighted by atomic mass is 10.1. The number of hydrogen-bond acceptors (Lipinski definition) is 6. The van der Waals surface area contributed by atoms with E-state index in [9.17, 15) is 8.42 Å². The van der Waals surface area contributed by atoms with Crippen LogP contribution in [0.3, 0.4) is 0 Å². The van der Waals surface area contributed by atoms with Crippen molar-refractivity contribution in [3.05, 3.63) is 41.5 Å². The minimum atomic E-state index is -3.67. The molecule has 10 nitrogen and oxygen atoms in total. The predicted molar refractivity (Wildman–Crippen MR) is 113 cm³/mol. The Balaban J connectivity index is 1.56. The second-order valence-electron chi connectivity index (χ2n) is 7.14. The number of aromatic nitrogens is 3. The van der Waals surface area contributed by atoms with Crippen molar-refractivity contribution in [2.45, 2.75) is 50.3 Å². The third-order valence-electron chi connectivity index (χ3n) is 4.78. The van der Waals surface area contributed by atoms with Gasteiger partial charge in [0.15, 0.2) is 11.8 Å². The number of nitrogens with zero attached hydrogens (tertiary/aromatic N) is 4. The zero-order chi connectivity index (χ0) is 21.6. The average molecular weight is 436 g/mol. The minimum absolute atomic E-state index is 0.114. The van der Waals surface area contributed by atoms with E-state index in [0.717, 1.165) is 43.3 Å². The van der Waals surface area contributed by atoms with Gasteiger partial charge in [-0.1, -0.05) is 12.1 Å². The number of benzene rings is 1. The number of sulfonamides is 1. The van der Waals surface area contributed by atoms with Gasteiger partial charge in [-0.2, -0.15) is 5.10 Å². The van der Waals surface area contributed by atoms with Crippen LogP contribution < -0.4 is 15.8 Å². The number of hydrogen-bond donors (Lipinski definition) is 3. The molecule has 0 amide bonds. The lowest BCUT2D eigenvalue weighted by Gasteiger charge is -2.25. The van der Waals surface area contributed by atoms with Crippen molar-refractivity contribution in [3.63, 3.8) is 0 Å². The number of nitrogens with one attached hydrogen (secondary N) is 2. The highest BCUT2D eigenvalue weighted by atomic mass is 32.2. The summed E-state index contributed by atoms with van der Waals surface area (Å²) >= 11 is 0. The summed E-state index contributed by atoms with van der Waals surface area (Å²) in [6.07, 6.45) is 2.49. The lowest BCUT2D eigenvalue weighted by Crippen LogP contribution is -2.47. The van der Waals surface area contributed by atoms with Crippen LogP contribution >= 0.6 is 0 Å². The first kappa shape index (κ1) is 22.2. The van der Waals surface area contributed by atoms with Crippen LogP contribution in [0.25, 0.3) is 0 Å². The molecular formula is C19H29N7O3S. The van der Waals surface area contributed by atoms with Crippen molar-refractivity contribution >= 4 is 16.0 Å². The molecule has 0 spiro atoms. The van der Waals surface area contributed by atoms with Crippen LogP contribution in [0.4, 0.5) is 0 Å². The van der Waals surface area contributed by atoms with Crippen molar-refractivity contribution in [3.8, 4) is 0 Å². The highest BCUT2D eigenvalue weighted by Gasteiger charge is 2.22. The smallest absolute Gasteiger partial charge is 0.238 e. The van der Waals surface area contributed by atoms with E-state index in [1.54, 1.807) is 19.2 Å². The molecule has 0 saturated carbocycles. The van der Waals surface area contributed by atoms with Crippen molar-refractivity contribution in [2.75, 3.05) is 20.2 Å². The van der Waals surface area contributed by atoms with E-state index >= 15 is 0 Å². The number of aliphatic imine (C=N–C) groups is 1. The predicted octanol–water partition coefficient (Wildman–Crippen LogP) is 0.185. The Morgan fingerprint density at radius 2 is 2.13 bits per heavy atom. The van der Waals surface area contributed by atoms with Crippen molar-refractivity contribution in [1.82, 2.24) is 25.4 Å². The maximum atomic E-state index is 11.3. The van der Waals surface area contributed by atoms with E-state index in [4.69, 9.17) is 9.88 Å². The summed E-state index contributed by atoms with van der Waals surface area (Å²) in [7, 11) is -2.03. The number of guanidine groups is 1. The summed E-state index contributed by atoms with van der Waals surface area (Å²) in [6.45, 7) is 4.50. The van der Waals surface area contributed by atoms with Crippen molar-refractivity contribution in [1.29, 1.82) is 0 Å². The van der Waals surface area contributed by atoms with Crippen molar-refractivity contribution in [2.24, 2.45) is 10.1 Å². The normalized spacial score (nSPS) is 16.9. The fraction of sp³-hybridized carbons (Fsp3) is 0.526. The van der Waals surface area contributed by atoms with Gasteiger partial charge in [-0.05, 0) is 37.5 Å². The number of rotatable bonds is 8. The molecule has 164 valence electrons. The first-order valence-electron chi connectivity index (χ1n) is 9.97. The molecule has 1 aliphatic rings. The van der Waals surface area contributed by atoms with Crippen LogP contribution in [-0.4, -0.2) is 55.4 Å².